The topological polar surface area (TPSA) is 71.8 Å². The molecule has 2 rings (SSSR count). The van der Waals surface area contributed by atoms with E-state index in [1.54, 1.807) is 11.3 Å². The van der Waals surface area contributed by atoms with E-state index in [1.807, 2.05) is 44.8 Å². The van der Waals surface area contributed by atoms with Crippen LogP contribution >= 0.6 is 11.3 Å². The first kappa shape index (κ1) is 17.5. The standard InChI is InChI=1S/C16H25N5OS/c1-9(7-14-10(2)20-21(6)12(14)4)17-16(22)18-11(3)15-8-23-13(5)19-15/h8-9,11H,7H2,1-6H3,(H2,17,18,22)/t9-,11+/m0/s1. The first-order valence-corrected chi connectivity index (χ1v) is 8.64. The van der Waals surface area contributed by atoms with Crippen molar-refractivity contribution in [3.8, 4) is 0 Å². The number of nitrogens with one attached hydrogen (secondary N) is 2. The summed E-state index contributed by atoms with van der Waals surface area (Å²) in [4.78, 5) is 16.5. The summed E-state index contributed by atoms with van der Waals surface area (Å²) in [6.45, 7) is 9.95. The fourth-order valence-electron chi connectivity index (χ4n) is 2.59. The third-order valence-electron chi connectivity index (χ3n) is 3.97. The van der Waals surface area contributed by atoms with E-state index < -0.39 is 0 Å². The second-order valence-corrected chi connectivity index (χ2v) is 7.07. The van der Waals surface area contributed by atoms with Gasteiger partial charge in [0.25, 0.3) is 0 Å². The lowest BCUT2D eigenvalue weighted by Crippen LogP contribution is -2.42. The Balaban J connectivity index is 1.89. The lowest BCUT2D eigenvalue weighted by Gasteiger charge is -2.17. The largest absolute Gasteiger partial charge is 0.335 e. The van der Waals surface area contributed by atoms with E-state index in [0.717, 1.165) is 28.5 Å². The highest BCUT2D eigenvalue weighted by atomic mass is 32.1. The molecular weight excluding hydrogens is 310 g/mol. The molecule has 2 aromatic rings. The minimum absolute atomic E-state index is 0.0287. The van der Waals surface area contributed by atoms with Crippen molar-refractivity contribution in [1.29, 1.82) is 0 Å². The van der Waals surface area contributed by atoms with Gasteiger partial charge in [-0.2, -0.15) is 5.10 Å². The predicted molar refractivity (Wildman–Crippen MR) is 92.8 cm³/mol. The van der Waals surface area contributed by atoms with Gasteiger partial charge in [0, 0.05) is 24.2 Å². The van der Waals surface area contributed by atoms with Gasteiger partial charge in [0.2, 0.25) is 0 Å². The van der Waals surface area contributed by atoms with Gasteiger partial charge in [-0.05, 0) is 46.6 Å². The Morgan fingerprint density at radius 1 is 1.30 bits per heavy atom. The molecule has 0 fully saturated rings. The van der Waals surface area contributed by atoms with Crippen LogP contribution in [0, 0.1) is 20.8 Å². The molecule has 0 aliphatic rings. The molecule has 6 nitrogen and oxygen atoms in total. The average Bonchev–Trinajstić information content (AvgIpc) is 2.98. The predicted octanol–water partition coefficient (Wildman–Crippen LogP) is 2.79. The molecule has 23 heavy (non-hydrogen) atoms. The van der Waals surface area contributed by atoms with Gasteiger partial charge in [-0.3, -0.25) is 4.68 Å². The quantitative estimate of drug-likeness (QED) is 0.882. The third kappa shape index (κ3) is 4.31. The molecule has 2 amide bonds. The Labute approximate surface area is 141 Å². The zero-order valence-corrected chi connectivity index (χ0v) is 15.4. The van der Waals surface area contributed by atoms with E-state index in [1.165, 1.54) is 5.56 Å². The summed E-state index contributed by atoms with van der Waals surface area (Å²) in [5.41, 5.74) is 4.26. The van der Waals surface area contributed by atoms with Crippen LogP contribution in [-0.4, -0.2) is 26.8 Å². The molecule has 2 N–H and O–H groups in total. The van der Waals surface area contributed by atoms with E-state index in [2.05, 4.69) is 27.6 Å². The van der Waals surface area contributed by atoms with Gasteiger partial charge in [0.1, 0.15) is 0 Å². The lowest BCUT2D eigenvalue weighted by atomic mass is 10.1. The van der Waals surface area contributed by atoms with Gasteiger partial charge in [0.15, 0.2) is 0 Å². The number of aryl methyl sites for hydroxylation is 3. The van der Waals surface area contributed by atoms with Crippen molar-refractivity contribution in [2.24, 2.45) is 7.05 Å². The highest BCUT2D eigenvalue weighted by Gasteiger charge is 2.16. The maximum atomic E-state index is 12.1. The third-order valence-corrected chi connectivity index (χ3v) is 4.77. The summed E-state index contributed by atoms with van der Waals surface area (Å²) in [5, 5.41) is 13.3. The van der Waals surface area contributed by atoms with Crippen LogP contribution in [-0.2, 0) is 13.5 Å². The van der Waals surface area contributed by atoms with Crippen LogP contribution in [0.2, 0.25) is 0 Å². The number of aromatic nitrogens is 3. The Hall–Kier alpha value is -1.89. The van der Waals surface area contributed by atoms with Crippen molar-refractivity contribution < 1.29 is 4.79 Å². The zero-order chi connectivity index (χ0) is 17.1. The molecule has 0 saturated heterocycles. The lowest BCUT2D eigenvalue weighted by molar-refractivity contribution is 0.234. The smallest absolute Gasteiger partial charge is 0.315 e. The number of thiazole rings is 1. The summed E-state index contributed by atoms with van der Waals surface area (Å²) in [5.74, 6) is 0. The van der Waals surface area contributed by atoms with Crippen molar-refractivity contribution in [2.75, 3.05) is 0 Å². The van der Waals surface area contributed by atoms with Crippen molar-refractivity contribution in [3.05, 3.63) is 33.0 Å². The molecule has 0 spiro atoms. The Morgan fingerprint density at radius 3 is 2.52 bits per heavy atom. The van der Waals surface area contributed by atoms with Gasteiger partial charge in [-0.15, -0.1) is 11.3 Å². The number of hydrogen-bond acceptors (Lipinski definition) is 4. The molecule has 0 bridgehead atoms. The van der Waals surface area contributed by atoms with Crippen LogP contribution < -0.4 is 10.6 Å². The van der Waals surface area contributed by atoms with Crippen LogP contribution in [0.4, 0.5) is 4.79 Å². The summed E-state index contributed by atoms with van der Waals surface area (Å²) < 4.78 is 1.88. The molecule has 0 unspecified atom stereocenters. The normalized spacial score (nSPS) is 13.7. The maximum Gasteiger partial charge on any atom is 0.315 e. The second-order valence-electron chi connectivity index (χ2n) is 6.01. The van der Waals surface area contributed by atoms with Gasteiger partial charge in [0.05, 0.1) is 22.4 Å². The van der Waals surface area contributed by atoms with Crippen molar-refractivity contribution in [1.82, 2.24) is 25.4 Å². The molecule has 0 radical (unpaired) electrons. The minimum Gasteiger partial charge on any atom is -0.335 e. The maximum absolute atomic E-state index is 12.1. The Kier molecular flexibility index (Phi) is 5.41. The molecule has 0 saturated carbocycles. The molecule has 0 aromatic carbocycles. The highest BCUT2D eigenvalue weighted by Crippen LogP contribution is 2.16. The average molecular weight is 335 g/mol. The van der Waals surface area contributed by atoms with E-state index in [9.17, 15) is 4.79 Å². The number of hydrogen-bond donors (Lipinski definition) is 2. The van der Waals surface area contributed by atoms with Gasteiger partial charge >= 0.3 is 6.03 Å². The van der Waals surface area contributed by atoms with E-state index >= 15 is 0 Å². The summed E-state index contributed by atoms with van der Waals surface area (Å²) in [6, 6.07) is -0.246. The molecule has 126 valence electrons. The first-order chi connectivity index (χ1) is 10.8. The minimum atomic E-state index is -0.171. The zero-order valence-electron chi connectivity index (χ0n) is 14.6. The molecule has 0 aliphatic carbocycles. The van der Waals surface area contributed by atoms with Gasteiger partial charge < -0.3 is 10.6 Å². The van der Waals surface area contributed by atoms with Crippen LogP contribution in [0.15, 0.2) is 5.38 Å². The van der Waals surface area contributed by atoms with Crippen molar-refractivity contribution in [2.45, 2.75) is 53.1 Å². The number of amides is 2. The van der Waals surface area contributed by atoms with Crippen LogP contribution in [0.5, 0.6) is 0 Å². The first-order valence-electron chi connectivity index (χ1n) is 7.76. The van der Waals surface area contributed by atoms with Crippen LogP contribution in [0.25, 0.3) is 0 Å². The summed E-state index contributed by atoms with van der Waals surface area (Å²) >= 11 is 1.59. The molecule has 2 heterocycles. The molecule has 7 heteroatoms. The molecular formula is C16H25N5OS. The Bertz CT molecular complexity index is 691. The Morgan fingerprint density at radius 2 is 2.00 bits per heavy atom. The number of nitrogens with zero attached hydrogens (tertiary/aromatic N) is 3. The number of carbonyl (C=O) groups is 1. The summed E-state index contributed by atoms with van der Waals surface area (Å²) in [6.07, 6.45) is 0.767. The molecule has 2 aromatic heterocycles. The highest BCUT2D eigenvalue weighted by molar-refractivity contribution is 7.09. The SMILES string of the molecule is Cc1nc([C@@H](C)NC(=O)N[C@@H](C)Cc2c(C)nn(C)c2C)cs1. The molecule has 2 atom stereocenters. The number of urea groups is 1. The number of carbonyl (C=O) groups excluding carboxylic acids is 1. The monoisotopic (exact) mass is 335 g/mol. The van der Waals surface area contributed by atoms with Crippen molar-refractivity contribution >= 4 is 17.4 Å². The van der Waals surface area contributed by atoms with Crippen LogP contribution in [0.3, 0.4) is 0 Å². The molecule has 0 aliphatic heterocycles. The van der Waals surface area contributed by atoms with E-state index in [4.69, 9.17) is 0 Å². The fourth-order valence-corrected chi connectivity index (χ4v) is 3.29. The van der Waals surface area contributed by atoms with E-state index in [0.29, 0.717) is 0 Å². The summed E-state index contributed by atoms with van der Waals surface area (Å²) in [7, 11) is 1.94. The van der Waals surface area contributed by atoms with Gasteiger partial charge in [-0.1, -0.05) is 0 Å². The number of rotatable bonds is 5. The van der Waals surface area contributed by atoms with Gasteiger partial charge in [-0.25, -0.2) is 9.78 Å². The van der Waals surface area contributed by atoms with E-state index in [-0.39, 0.29) is 18.1 Å². The second kappa shape index (κ2) is 7.12. The van der Waals surface area contributed by atoms with Crippen molar-refractivity contribution in [3.63, 3.8) is 0 Å². The van der Waals surface area contributed by atoms with Crippen LogP contribution in [0.1, 0.15) is 47.5 Å². The fraction of sp³-hybridized carbons (Fsp3) is 0.562.